The molecule has 2 saturated heterocycles. The molecule has 4 aromatic rings. The Kier molecular flexibility index (Phi) is 12.2. The summed E-state index contributed by atoms with van der Waals surface area (Å²) < 4.78 is 21.4. The van der Waals surface area contributed by atoms with Crippen LogP contribution in [0.2, 0.25) is 10.0 Å². The van der Waals surface area contributed by atoms with Gasteiger partial charge in [-0.05, 0) is 43.5 Å². The van der Waals surface area contributed by atoms with E-state index in [1.807, 2.05) is 30.9 Å². The summed E-state index contributed by atoms with van der Waals surface area (Å²) in [7, 11) is 1.57. The van der Waals surface area contributed by atoms with Crippen LogP contribution in [0.25, 0.3) is 22.5 Å². The van der Waals surface area contributed by atoms with E-state index in [1.54, 1.807) is 49.8 Å². The van der Waals surface area contributed by atoms with Crippen LogP contribution in [0.5, 0.6) is 5.88 Å². The van der Waals surface area contributed by atoms with Crippen LogP contribution in [0.1, 0.15) is 50.7 Å². The molecule has 3 aromatic heterocycles. The number of rotatable bonds is 13. The number of methoxy groups -OCH3 is 1. The Labute approximate surface area is 313 Å². The van der Waals surface area contributed by atoms with Crippen molar-refractivity contribution in [2.45, 2.75) is 64.7 Å². The fourth-order valence-corrected chi connectivity index (χ4v) is 7.11. The number of anilines is 2. The molecule has 2 fully saturated rings. The standard InChI is InChI=1S/C38H43Cl2FN8O3/c1-22(2)38(51)49-17-13-25(14-18-49)45-20-23-11-15-44-36(34(23)41)47-30-6-4-5-28(32(30)39)35-33(40)27(12-16-43-35)29-9-7-24(37(48-29)52-3)19-42-21-26-8-10-31(50)46-26/h4-7,9,11-12,15-16,22,25-26,42,45H,8,10,13-14,17-21H2,1-3H3,(H,44,47)(H,46,50)/t26-/m0/s1. The molecular formula is C38H43Cl2FN8O3. The molecular weight excluding hydrogens is 706 g/mol. The highest BCUT2D eigenvalue weighted by Crippen LogP contribution is 2.41. The maximum absolute atomic E-state index is 15.7. The second kappa shape index (κ2) is 17.0. The zero-order valence-corrected chi connectivity index (χ0v) is 31.0. The molecule has 2 aliphatic rings. The molecule has 0 aliphatic carbocycles. The molecule has 11 nitrogen and oxygen atoms in total. The van der Waals surface area contributed by atoms with Crippen molar-refractivity contribution < 1.29 is 18.7 Å². The van der Waals surface area contributed by atoms with Crippen molar-refractivity contribution in [3.63, 3.8) is 0 Å². The number of benzene rings is 1. The smallest absolute Gasteiger partial charge is 0.225 e. The van der Waals surface area contributed by atoms with Gasteiger partial charge in [0.1, 0.15) is 0 Å². The summed E-state index contributed by atoms with van der Waals surface area (Å²) in [5, 5.41) is 13.5. The van der Waals surface area contributed by atoms with E-state index in [9.17, 15) is 9.59 Å². The van der Waals surface area contributed by atoms with Gasteiger partial charge in [0, 0.05) is 91.8 Å². The van der Waals surface area contributed by atoms with Crippen LogP contribution in [-0.2, 0) is 22.7 Å². The van der Waals surface area contributed by atoms with Crippen LogP contribution in [-0.4, -0.2) is 70.5 Å². The second-order valence-corrected chi connectivity index (χ2v) is 14.1. The minimum atomic E-state index is -0.481. The number of nitrogens with one attached hydrogen (secondary N) is 4. The molecule has 274 valence electrons. The number of hydrogen-bond donors (Lipinski definition) is 4. The Balaban J connectivity index is 1.14. The Bertz CT molecular complexity index is 1920. The van der Waals surface area contributed by atoms with E-state index < -0.39 is 5.82 Å². The third-order valence-corrected chi connectivity index (χ3v) is 10.2. The van der Waals surface area contributed by atoms with Gasteiger partial charge in [0.25, 0.3) is 0 Å². The Morgan fingerprint density at radius 1 is 1.00 bits per heavy atom. The topological polar surface area (TPSA) is 133 Å². The Hall–Kier alpha value is -4.36. The molecule has 4 N–H and O–H groups in total. The number of carbonyl (C=O) groups excluding carboxylic acids is 2. The summed E-state index contributed by atoms with van der Waals surface area (Å²) >= 11 is 13.9. The van der Waals surface area contributed by atoms with E-state index >= 15 is 4.39 Å². The fraction of sp³-hybridized carbons (Fsp3) is 0.395. The summed E-state index contributed by atoms with van der Waals surface area (Å²) in [6.07, 6.45) is 6.19. The van der Waals surface area contributed by atoms with E-state index in [1.165, 1.54) is 0 Å². The van der Waals surface area contributed by atoms with Gasteiger partial charge in [-0.2, -0.15) is 0 Å². The molecule has 0 unspecified atom stereocenters. The van der Waals surface area contributed by atoms with Gasteiger partial charge in [0.05, 0.1) is 34.2 Å². The largest absolute Gasteiger partial charge is 0.481 e. The lowest BCUT2D eigenvalue weighted by Crippen LogP contribution is -2.46. The number of pyridine rings is 3. The fourth-order valence-electron chi connectivity index (χ4n) is 6.54. The number of likely N-dealkylation sites (tertiary alicyclic amines) is 1. The third-order valence-electron chi connectivity index (χ3n) is 9.45. The summed E-state index contributed by atoms with van der Waals surface area (Å²) in [4.78, 5) is 39.3. The molecule has 1 aromatic carbocycles. The highest BCUT2D eigenvalue weighted by molar-refractivity contribution is 6.39. The number of nitrogens with zero attached hydrogens (tertiary/aromatic N) is 4. The first-order chi connectivity index (χ1) is 25.1. The van der Waals surface area contributed by atoms with Gasteiger partial charge < -0.3 is 30.9 Å². The molecule has 0 bridgehead atoms. The molecule has 52 heavy (non-hydrogen) atoms. The highest BCUT2D eigenvalue weighted by atomic mass is 35.5. The number of carbonyl (C=O) groups is 2. The zero-order chi connectivity index (χ0) is 36.8. The number of aromatic nitrogens is 3. The molecule has 0 radical (unpaired) electrons. The van der Waals surface area contributed by atoms with Gasteiger partial charge >= 0.3 is 0 Å². The SMILES string of the molecule is COc1nc(-c2ccnc(-c3cccc(Nc4nccc(CNC5CCN(C(=O)C(C)C)CC5)c4F)c3Cl)c2Cl)ccc1CNC[C@@H]1CCC(=O)N1. The van der Waals surface area contributed by atoms with E-state index in [0.717, 1.165) is 24.8 Å². The number of hydrogen-bond acceptors (Lipinski definition) is 9. The van der Waals surface area contributed by atoms with Crippen molar-refractivity contribution in [3.8, 4) is 28.4 Å². The second-order valence-electron chi connectivity index (χ2n) is 13.4. The zero-order valence-electron chi connectivity index (χ0n) is 29.4. The predicted octanol–water partition coefficient (Wildman–Crippen LogP) is 6.51. The van der Waals surface area contributed by atoms with Crippen molar-refractivity contribution >= 4 is 46.5 Å². The van der Waals surface area contributed by atoms with E-state index in [-0.39, 0.29) is 35.6 Å². The summed E-state index contributed by atoms with van der Waals surface area (Å²) in [5.41, 5.74) is 3.98. The van der Waals surface area contributed by atoms with Crippen LogP contribution in [0.4, 0.5) is 15.9 Å². The monoisotopic (exact) mass is 748 g/mol. The van der Waals surface area contributed by atoms with E-state index in [2.05, 4.69) is 31.2 Å². The molecule has 2 amide bonds. The number of halogens is 3. The van der Waals surface area contributed by atoms with Gasteiger partial charge in [-0.15, -0.1) is 0 Å². The van der Waals surface area contributed by atoms with Crippen molar-refractivity contribution in [1.29, 1.82) is 0 Å². The van der Waals surface area contributed by atoms with Gasteiger partial charge in [-0.1, -0.05) is 55.2 Å². The van der Waals surface area contributed by atoms with Crippen molar-refractivity contribution in [1.82, 2.24) is 35.8 Å². The molecule has 5 heterocycles. The molecule has 2 aliphatic heterocycles. The molecule has 6 rings (SSSR count). The highest BCUT2D eigenvalue weighted by Gasteiger charge is 2.25. The number of ether oxygens (including phenoxy) is 1. The minimum Gasteiger partial charge on any atom is -0.481 e. The lowest BCUT2D eigenvalue weighted by atomic mass is 10.0. The van der Waals surface area contributed by atoms with Gasteiger partial charge in [-0.25, -0.2) is 14.4 Å². The lowest BCUT2D eigenvalue weighted by molar-refractivity contribution is -0.135. The summed E-state index contributed by atoms with van der Waals surface area (Å²) in [6.45, 7) is 6.70. The number of amides is 2. The van der Waals surface area contributed by atoms with Gasteiger partial charge in [-0.3, -0.25) is 14.6 Å². The summed E-state index contributed by atoms with van der Waals surface area (Å²) in [5.74, 6) is 0.249. The van der Waals surface area contributed by atoms with E-state index in [0.29, 0.717) is 88.8 Å². The summed E-state index contributed by atoms with van der Waals surface area (Å²) in [6, 6.07) is 12.9. The average Bonchev–Trinajstić information content (AvgIpc) is 3.57. The van der Waals surface area contributed by atoms with Crippen molar-refractivity contribution in [2.24, 2.45) is 5.92 Å². The van der Waals surface area contributed by atoms with Crippen LogP contribution >= 0.6 is 23.2 Å². The third kappa shape index (κ3) is 8.63. The average molecular weight is 750 g/mol. The maximum Gasteiger partial charge on any atom is 0.225 e. The molecule has 1 atom stereocenters. The quantitative estimate of drug-likeness (QED) is 0.121. The Morgan fingerprint density at radius 3 is 2.52 bits per heavy atom. The Morgan fingerprint density at radius 2 is 1.79 bits per heavy atom. The predicted molar refractivity (Wildman–Crippen MR) is 201 cm³/mol. The lowest BCUT2D eigenvalue weighted by Gasteiger charge is -2.33. The minimum absolute atomic E-state index is 0.0202. The van der Waals surface area contributed by atoms with Gasteiger partial charge in [0.15, 0.2) is 11.6 Å². The van der Waals surface area contributed by atoms with Gasteiger partial charge in [0.2, 0.25) is 17.7 Å². The molecule has 0 spiro atoms. The normalized spacial score (nSPS) is 16.3. The van der Waals surface area contributed by atoms with E-state index in [4.69, 9.17) is 32.9 Å². The van der Waals surface area contributed by atoms with Crippen molar-refractivity contribution in [2.75, 3.05) is 32.1 Å². The van der Waals surface area contributed by atoms with Crippen LogP contribution in [0, 0.1) is 11.7 Å². The molecule has 14 heteroatoms. The van der Waals surface area contributed by atoms with Crippen LogP contribution < -0.4 is 26.0 Å². The first kappa shape index (κ1) is 37.4. The van der Waals surface area contributed by atoms with Crippen LogP contribution in [0.15, 0.2) is 54.9 Å². The number of piperidine rings is 1. The first-order valence-corrected chi connectivity index (χ1v) is 18.3. The maximum atomic E-state index is 15.7. The molecule has 0 saturated carbocycles. The van der Waals surface area contributed by atoms with Crippen LogP contribution in [0.3, 0.4) is 0 Å². The first-order valence-electron chi connectivity index (χ1n) is 17.5. The van der Waals surface area contributed by atoms with Crippen molar-refractivity contribution in [3.05, 3.63) is 81.8 Å².